The Hall–Kier alpha value is -2.80. The van der Waals surface area contributed by atoms with E-state index in [0.29, 0.717) is 19.1 Å². The summed E-state index contributed by atoms with van der Waals surface area (Å²) in [5, 5.41) is 12.2. The van der Waals surface area contributed by atoms with Crippen LogP contribution < -0.4 is 5.32 Å². The zero-order valence-corrected chi connectivity index (χ0v) is 18.2. The van der Waals surface area contributed by atoms with Crippen LogP contribution in [0.5, 0.6) is 0 Å². The Bertz CT molecular complexity index is 1120. The first-order valence-electron chi connectivity index (χ1n) is 11.5. The highest BCUT2D eigenvalue weighted by molar-refractivity contribution is 5.92. The van der Waals surface area contributed by atoms with Gasteiger partial charge in [0.2, 0.25) is 0 Å². The smallest absolute Gasteiger partial charge is 0.261 e. The van der Waals surface area contributed by atoms with Crippen molar-refractivity contribution in [3.8, 4) is 11.1 Å². The standard InChI is InChI=1S/C25H29F2N5/c1-17(29-21-5-3-2-4-6-21)24-22-12-19(7-8-23(22)30-31-24)20-11-18(13-28-14-20)15-32-10-9-25(26,27)16-32/h7-8,11-14,21,29H,1-6,9-10,15-16H2,(H,30,31). The molecule has 1 saturated carbocycles. The molecule has 168 valence electrons. The topological polar surface area (TPSA) is 56.8 Å². The fourth-order valence-electron chi connectivity index (χ4n) is 4.92. The molecule has 2 aromatic heterocycles. The van der Waals surface area contributed by atoms with Crippen LogP contribution >= 0.6 is 0 Å². The van der Waals surface area contributed by atoms with E-state index in [0.717, 1.165) is 39.0 Å². The summed E-state index contributed by atoms with van der Waals surface area (Å²) in [7, 11) is 0. The predicted molar refractivity (Wildman–Crippen MR) is 123 cm³/mol. The zero-order valence-electron chi connectivity index (χ0n) is 18.2. The molecule has 1 aliphatic carbocycles. The molecule has 3 heterocycles. The van der Waals surface area contributed by atoms with Gasteiger partial charge >= 0.3 is 0 Å². The van der Waals surface area contributed by atoms with Gasteiger partial charge in [0.15, 0.2) is 0 Å². The average Bonchev–Trinajstić information content (AvgIpc) is 3.36. The van der Waals surface area contributed by atoms with Crippen LogP contribution in [0.25, 0.3) is 27.7 Å². The number of likely N-dealkylation sites (tertiary alicyclic amines) is 1. The van der Waals surface area contributed by atoms with E-state index in [-0.39, 0.29) is 13.0 Å². The molecule has 2 aliphatic rings. The first-order chi connectivity index (χ1) is 15.5. The number of nitrogens with one attached hydrogen (secondary N) is 2. The number of H-pyrrole nitrogens is 1. The van der Waals surface area contributed by atoms with E-state index in [1.54, 1.807) is 11.1 Å². The molecule has 7 heteroatoms. The van der Waals surface area contributed by atoms with Gasteiger partial charge in [-0.15, -0.1) is 0 Å². The number of hydrogen-bond acceptors (Lipinski definition) is 4. The fraction of sp³-hybridized carbons (Fsp3) is 0.440. The van der Waals surface area contributed by atoms with Crippen molar-refractivity contribution in [2.75, 3.05) is 13.1 Å². The molecule has 5 rings (SSSR count). The van der Waals surface area contributed by atoms with Crippen molar-refractivity contribution in [2.24, 2.45) is 0 Å². The number of aromatic nitrogens is 3. The van der Waals surface area contributed by atoms with E-state index in [1.807, 2.05) is 24.4 Å². The van der Waals surface area contributed by atoms with Crippen LogP contribution in [0.3, 0.4) is 0 Å². The number of rotatable bonds is 6. The third-order valence-electron chi connectivity index (χ3n) is 6.62. The summed E-state index contributed by atoms with van der Waals surface area (Å²) < 4.78 is 27.1. The Labute approximate surface area is 186 Å². The number of aromatic amines is 1. The van der Waals surface area contributed by atoms with Gasteiger partial charge in [-0.1, -0.05) is 31.9 Å². The van der Waals surface area contributed by atoms with Crippen molar-refractivity contribution in [3.05, 3.63) is 54.5 Å². The third-order valence-corrected chi connectivity index (χ3v) is 6.62. The number of halogens is 2. The third kappa shape index (κ3) is 4.53. The minimum atomic E-state index is -2.58. The lowest BCUT2D eigenvalue weighted by Gasteiger charge is -2.24. The van der Waals surface area contributed by atoms with Crippen LogP contribution in [0.4, 0.5) is 8.78 Å². The monoisotopic (exact) mass is 437 g/mol. The summed E-state index contributed by atoms with van der Waals surface area (Å²) >= 11 is 0. The maximum absolute atomic E-state index is 13.5. The van der Waals surface area contributed by atoms with Gasteiger partial charge in [0.1, 0.15) is 5.69 Å². The predicted octanol–water partition coefficient (Wildman–Crippen LogP) is 5.36. The molecule has 1 saturated heterocycles. The van der Waals surface area contributed by atoms with Crippen molar-refractivity contribution in [1.82, 2.24) is 25.4 Å². The molecule has 32 heavy (non-hydrogen) atoms. The number of benzene rings is 1. The lowest BCUT2D eigenvalue weighted by Crippen LogP contribution is -2.29. The highest BCUT2D eigenvalue weighted by Crippen LogP contribution is 2.30. The van der Waals surface area contributed by atoms with E-state index in [9.17, 15) is 8.78 Å². The molecule has 0 radical (unpaired) electrons. The average molecular weight is 438 g/mol. The van der Waals surface area contributed by atoms with Gasteiger partial charge < -0.3 is 5.32 Å². The first-order valence-corrected chi connectivity index (χ1v) is 11.5. The second-order valence-electron chi connectivity index (χ2n) is 9.19. The van der Waals surface area contributed by atoms with E-state index in [4.69, 9.17) is 0 Å². The fourth-order valence-corrected chi connectivity index (χ4v) is 4.92. The van der Waals surface area contributed by atoms with Gasteiger partial charge in [-0.2, -0.15) is 5.10 Å². The number of alkyl halides is 2. The highest BCUT2D eigenvalue weighted by atomic mass is 19.3. The summed E-state index contributed by atoms with van der Waals surface area (Å²) in [6.07, 6.45) is 9.69. The van der Waals surface area contributed by atoms with Crippen molar-refractivity contribution in [2.45, 2.75) is 57.0 Å². The molecule has 0 bridgehead atoms. The number of fused-ring (bicyclic) bond motifs is 1. The normalized spacial score (nSPS) is 19.4. The zero-order chi connectivity index (χ0) is 22.1. The summed E-state index contributed by atoms with van der Waals surface area (Å²) in [6.45, 7) is 4.97. The number of nitrogens with zero attached hydrogens (tertiary/aromatic N) is 3. The SMILES string of the molecule is C=C(NC1CCCCC1)c1n[nH]c2ccc(-c3cncc(CN4CCC(F)(F)C4)c3)cc12. The molecule has 5 nitrogen and oxygen atoms in total. The number of pyridine rings is 1. The second-order valence-corrected chi connectivity index (χ2v) is 9.19. The highest BCUT2D eigenvalue weighted by Gasteiger charge is 2.37. The Kier molecular flexibility index (Phi) is 5.67. The Morgan fingerprint density at radius 2 is 2.00 bits per heavy atom. The first kappa shape index (κ1) is 21.1. The van der Waals surface area contributed by atoms with Gasteiger partial charge in [-0.05, 0) is 42.2 Å². The lowest BCUT2D eigenvalue weighted by atomic mass is 9.95. The van der Waals surface area contributed by atoms with Gasteiger partial charge in [0.25, 0.3) is 5.92 Å². The van der Waals surface area contributed by atoms with Crippen molar-refractivity contribution in [3.63, 3.8) is 0 Å². The summed E-state index contributed by atoms with van der Waals surface area (Å²) in [4.78, 5) is 6.17. The Morgan fingerprint density at radius 1 is 1.16 bits per heavy atom. The maximum Gasteiger partial charge on any atom is 0.261 e. The quantitative estimate of drug-likeness (QED) is 0.545. The Morgan fingerprint density at radius 3 is 2.78 bits per heavy atom. The van der Waals surface area contributed by atoms with Crippen molar-refractivity contribution >= 4 is 16.6 Å². The van der Waals surface area contributed by atoms with Crippen LogP contribution in [0.1, 0.15) is 49.8 Å². The Balaban J connectivity index is 1.36. The van der Waals surface area contributed by atoms with Gasteiger partial charge in [0.05, 0.1) is 17.8 Å². The van der Waals surface area contributed by atoms with Gasteiger partial charge in [-0.25, -0.2) is 8.78 Å². The molecule has 0 atom stereocenters. The number of hydrogen-bond donors (Lipinski definition) is 2. The lowest BCUT2D eigenvalue weighted by molar-refractivity contribution is 0.0115. The molecule has 0 unspecified atom stereocenters. The van der Waals surface area contributed by atoms with Crippen molar-refractivity contribution < 1.29 is 8.78 Å². The molecule has 1 aromatic carbocycles. The van der Waals surface area contributed by atoms with Gasteiger partial charge in [-0.3, -0.25) is 15.0 Å². The molecule has 0 spiro atoms. The summed E-state index contributed by atoms with van der Waals surface area (Å²) in [5.74, 6) is -2.58. The van der Waals surface area contributed by atoms with Crippen molar-refractivity contribution in [1.29, 1.82) is 0 Å². The summed E-state index contributed by atoms with van der Waals surface area (Å²) in [5.41, 5.74) is 5.58. The molecule has 2 N–H and O–H groups in total. The van der Waals surface area contributed by atoms with Crippen LogP contribution in [0, 0.1) is 0 Å². The summed E-state index contributed by atoms with van der Waals surface area (Å²) in [6, 6.07) is 8.66. The van der Waals surface area contributed by atoms with Crippen LogP contribution in [-0.4, -0.2) is 45.1 Å². The van der Waals surface area contributed by atoms with E-state index >= 15 is 0 Å². The molecule has 3 aromatic rings. The van der Waals surface area contributed by atoms with E-state index in [2.05, 4.69) is 33.1 Å². The molecular weight excluding hydrogens is 408 g/mol. The maximum atomic E-state index is 13.5. The minimum Gasteiger partial charge on any atom is -0.381 e. The van der Waals surface area contributed by atoms with Crippen LogP contribution in [-0.2, 0) is 6.54 Å². The largest absolute Gasteiger partial charge is 0.381 e. The molecule has 2 fully saturated rings. The van der Waals surface area contributed by atoms with E-state index < -0.39 is 5.92 Å². The van der Waals surface area contributed by atoms with Crippen LogP contribution in [0.2, 0.25) is 0 Å². The molecule has 1 aliphatic heterocycles. The minimum absolute atomic E-state index is 0.0706. The second kappa shape index (κ2) is 8.62. The van der Waals surface area contributed by atoms with Crippen LogP contribution in [0.15, 0.2) is 43.2 Å². The molecule has 0 amide bonds. The molecular formula is C25H29F2N5. The van der Waals surface area contributed by atoms with E-state index in [1.165, 1.54) is 32.1 Å². The van der Waals surface area contributed by atoms with Gasteiger partial charge in [0, 0.05) is 48.9 Å².